The largest absolute Gasteiger partial charge is 0.261 e. The standard InChI is InChI=1S/C11H15N.C6H12S.C2H6/c1-4-6-10-9-11(2,3)7-5-8-12-10;1-5-6(2,3)7-4;1-2/h4-5,7-9H,1,6H2,2-3H3;5H,1H2,2-4H3;1-2H3. The fraction of sp³-hybridized carbons (Fsp3) is 0.526. The molecule has 0 aromatic rings. The Kier molecular flexibility index (Phi) is 12.3. The van der Waals surface area contributed by atoms with Crippen LogP contribution in [0.25, 0.3) is 0 Å². The Labute approximate surface area is 137 Å². The van der Waals surface area contributed by atoms with Crippen molar-refractivity contribution in [3.63, 3.8) is 0 Å². The summed E-state index contributed by atoms with van der Waals surface area (Å²) in [6.45, 7) is 20.0. The molecule has 0 saturated carbocycles. The molecule has 120 valence electrons. The van der Waals surface area contributed by atoms with Gasteiger partial charge in [0.15, 0.2) is 0 Å². The summed E-state index contributed by atoms with van der Waals surface area (Å²) >= 11 is 1.81. The molecule has 0 aromatic carbocycles. The fourth-order valence-corrected chi connectivity index (χ4v) is 1.45. The summed E-state index contributed by atoms with van der Waals surface area (Å²) in [5.74, 6) is 0. The number of hydrogen-bond donors (Lipinski definition) is 0. The predicted molar refractivity (Wildman–Crippen MR) is 103 cm³/mol. The zero-order valence-corrected chi connectivity index (χ0v) is 15.8. The molecule has 0 aromatic heterocycles. The molecule has 0 fully saturated rings. The molecule has 0 N–H and O–H groups in total. The number of nitrogens with zero attached hydrogens (tertiary/aromatic N) is 1. The van der Waals surface area contributed by atoms with Gasteiger partial charge in [0, 0.05) is 28.5 Å². The molecule has 1 heterocycles. The van der Waals surface area contributed by atoms with Gasteiger partial charge in [-0.05, 0) is 26.2 Å². The minimum atomic E-state index is 0.120. The Bertz CT molecular complexity index is 384. The molecular formula is C19H33NS. The molecule has 1 rings (SSSR count). The van der Waals surface area contributed by atoms with Crippen LogP contribution in [0.3, 0.4) is 0 Å². The molecule has 0 spiro atoms. The van der Waals surface area contributed by atoms with Gasteiger partial charge in [-0.1, -0.05) is 52.0 Å². The molecule has 0 radical (unpaired) electrons. The van der Waals surface area contributed by atoms with E-state index in [1.54, 1.807) is 0 Å². The van der Waals surface area contributed by atoms with Crippen LogP contribution < -0.4 is 0 Å². The van der Waals surface area contributed by atoms with Crippen molar-refractivity contribution in [2.24, 2.45) is 10.4 Å². The van der Waals surface area contributed by atoms with Crippen molar-refractivity contribution in [2.75, 3.05) is 6.26 Å². The highest BCUT2D eigenvalue weighted by atomic mass is 32.2. The summed E-state index contributed by atoms with van der Waals surface area (Å²) in [7, 11) is 0. The topological polar surface area (TPSA) is 12.4 Å². The SMILES string of the molecule is C=CC(C)(C)SC.C=CCC1=CC(C)(C)C=CC=N1.CC. The molecule has 2 heteroatoms. The summed E-state index contributed by atoms with van der Waals surface area (Å²) in [4.78, 5) is 4.29. The second-order valence-corrected chi connectivity index (χ2v) is 7.06. The Balaban J connectivity index is 0. The van der Waals surface area contributed by atoms with Crippen molar-refractivity contribution < 1.29 is 0 Å². The first-order chi connectivity index (χ1) is 9.76. The Morgan fingerprint density at radius 1 is 1.29 bits per heavy atom. The average Bonchev–Trinajstić information content (AvgIpc) is 2.62. The van der Waals surface area contributed by atoms with Crippen LogP contribution in [0.1, 0.15) is 48.0 Å². The van der Waals surface area contributed by atoms with E-state index in [0.717, 1.165) is 12.1 Å². The van der Waals surface area contributed by atoms with Gasteiger partial charge in [-0.2, -0.15) is 11.8 Å². The molecule has 1 nitrogen and oxygen atoms in total. The number of hydrogen-bond acceptors (Lipinski definition) is 2. The normalized spacial score (nSPS) is 15.5. The molecule has 0 unspecified atom stereocenters. The zero-order valence-electron chi connectivity index (χ0n) is 14.9. The van der Waals surface area contributed by atoms with Gasteiger partial charge in [0.05, 0.1) is 0 Å². The van der Waals surface area contributed by atoms with Crippen molar-refractivity contribution in [3.8, 4) is 0 Å². The van der Waals surface area contributed by atoms with Crippen LogP contribution in [0.15, 0.2) is 54.2 Å². The molecular weight excluding hydrogens is 274 g/mol. The van der Waals surface area contributed by atoms with Gasteiger partial charge < -0.3 is 0 Å². The van der Waals surface area contributed by atoms with Crippen LogP contribution in [-0.2, 0) is 0 Å². The van der Waals surface area contributed by atoms with E-state index in [-0.39, 0.29) is 10.2 Å². The summed E-state index contributed by atoms with van der Waals surface area (Å²) in [6, 6.07) is 0. The quantitative estimate of drug-likeness (QED) is 0.543. The van der Waals surface area contributed by atoms with Crippen LogP contribution in [-0.4, -0.2) is 17.2 Å². The van der Waals surface area contributed by atoms with Crippen LogP contribution in [0.5, 0.6) is 0 Å². The monoisotopic (exact) mass is 307 g/mol. The van der Waals surface area contributed by atoms with Crippen molar-refractivity contribution in [1.29, 1.82) is 0 Å². The second kappa shape index (κ2) is 11.6. The van der Waals surface area contributed by atoms with Crippen LogP contribution >= 0.6 is 11.8 Å². The predicted octanol–water partition coefficient (Wildman–Crippen LogP) is 6.45. The lowest BCUT2D eigenvalue weighted by Gasteiger charge is -2.14. The van der Waals surface area contributed by atoms with Crippen molar-refractivity contribution in [3.05, 3.63) is 49.2 Å². The zero-order chi connectivity index (χ0) is 16.9. The van der Waals surface area contributed by atoms with E-state index in [1.165, 1.54) is 0 Å². The molecule has 0 atom stereocenters. The molecule has 0 aliphatic carbocycles. The van der Waals surface area contributed by atoms with Crippen LogP contribution in [0.4, 0.5) is 0 Å². The first kappa shape index (κ1) is 22.3. The number of rotatable bonds is 4. The lowest BCUT2D eigenvalue weighted by atomic mass is 9.92. The minimum absolute atomic E-state index is 0.120. The lowest BCUT2D eigenvalue weighted by molar-refractivity contribution is 0.620. The highest BCUT2D eigenvalue weighted by molar-refractivity contribution is 8.00. The van der Waals surface area contributed by atoms with Gasteiger partial charge in [-0.15, -0.1) is 13.2 Å². The second-order valence-electron chi connectivity index (χ2n) is 5.60. The summed E-state index contributed by atoms with van der Waals surface area (Å²) in [6.07, 6.45) is 14.9. The van der Waals surface area contributed by atoms with Gasteiger partial charge in [-0.3, -0.25) is 4.99 Å². The highest BCUT2D eigenvalue weighted by Crippen LogP contribution is 2.24. The maximum Gasteiger partial charge on any atom is 0.0409 e. The molecule has 1 aliphatic heterocycles. The lowest BCUT2D eigenvalue weighted by Crippen LogP contribution is -2.07. The summed E-state index contributed by atoms with van der Waals surface area (Å²) in [5, 5.41) is 0. The molecule has 0 saturated heterocycles. The van der Waals surface area contributed by atoms with Gasteiger partial charge >= 0.3 is 0 Å². The average molecular weight is 308 g/mol. The third-order valence-electron chi connectivity index (χ3n) is 2.76. The number of allylic oxidation sites excluding steroid dienone is 4. The van der Waals surface area contributed by atoms with Gasteiger partial charge in [0.2, 0.25) is 0 Å². The maximum atomic E-state index is 4.29. The van der Waals surface area contributed by atoms with E-state index >= 15 is 0 Å². The Hall–Kier alpha value is -1.02. The fourth-order valence-electron chi connectivity index (χ4n) is 1.29. The smallest absolute Gasteiger partial charge is 0.0409 e. The number of thioether (sulfide) groups is 1. The third kappa shape index (κ3) is 12.4. The minimum Gasteiger partial charge on any atom is -0.261 e. The molecule has 0 bridgehead atoms. The maximum absolute atomic E-state index is 4.29. The van der Waals surface area contributed by atoms with Crippen LogP contribution in [0.2, 0.25) is 0 Å². The first-order valence-corrected chi connectivity index (χ1v) is 8.72. The summed E-state index contributed by atoms with van der Waals surface area (Å²) in [5.41, 5.74) is 1.22. The molecule has 21 heavy (non-hydrogen) atoms. The van der Waals surface area contributed by atoms with E-state index in [2.05, 4.69) is 64.3 Å². The highest BCUT2D eigenvalue weighted by Gasteiger charge is 2.12. The Morgan fingerprint density at radius 2 is 1.86 bits per heavy atom. The van der Waals surface area contributed by atoms with Crippen molar-refractivity contribution in [2.45, 2.75) is 52.7 Å². The summed E-state index contributed by atoms with van der Waals surface area (Å²) < 4.78 is 0.264. The van der Waals surface area contributed by atoms with Gasteiger partial charge in [0.25, 0.3) is 0 Å². The van der Waals surface area contributed by atoms with Gasteiger partial charge in [0.1, 0.15) is 0 Å². The third-order valence-corrected chi connectivity index (χ3v) is 3.98. The van der Waals surface area contributed by atoms with Crippen molar-refractivity contribution >= 4 is 18.0 Å². The molecule has 0 amide bonds. The van der Waals surface area contributed by atoms with Crippen LogP contribution in [0, 0.1) is 5.41 Å². The van der Waals surface area contributed by atoms with E-state index in [1.807, 2.05) is 50.1 Å². The van der Waals surface area contributed by atoms with E-state index in [9.17, 15) is 0 Å². The van der Waals surface area contributed by atoms with E-state index < -0.39 is 0 Å². The number of aliphatic imine (C=N–C) groups is 1. The van der Waals surface area contributed by atoms with Gasteiger partial charge in [-0.25, -0.2) is 0 Å². The van der Waals surface area contributed by atoms with E-state index in [0.29, 0.717) is 0 Å². The molecule has 1 aliphatic rings. The van der Waals surface area contributed by atoms with Crippen molar-refractivity contribution in [1.82, 2.24) is 0 Å². The van der Waals surface area contributed by atoms with E-state index in [4.69, 9.17) is 0 Å². The first-order valence-electron chi connectivity index (χ1n) is 7.49. The Morgan fingerprint density at radius 3 is 2.24 bits per heavy atom.